The summed E-state index contributed by atoms with van der Waals surface area (Å²) in [5, 5.41) is 1.74. The van der Waals surface area contributed by atoms with E-state index in [1.807, 2.05) is 63.2 Å². The first kappa shape index (κ1) is 30.7. The van der Waals surface area contributed by atoms with E-state index in [2.05, 4.69) is 4.72 Å². The Hall–Kier alpha value is -4.28. The van der Waals surface area contributed by atoms with Crippen molar-refractivity contribution >= 4 is 50.2 Å². The zero-order valence-electron chi connectivity index (χ0n) is 25.3. The average Bonchev–Trinajstić information content (AvgIpc) is 3.73. The highest BCUT2D eigenvalue weighted by molar-refractivity contribution is 7.90. The zero-order chi connectivity index (χ0) is 31.9. The normalized spacial score (nSPS) is 15.1. The molecule has 3 amide bonds. The Labute approximate surface area is 267 Å². The van der Waals surface area contributed by atoms with Gasteiger partial charge < -0.3 is 14.4 Å². The SMILES string of the molecule is CCOc1c2c(c(OCC)c3ccccc13)C(=O)N(c1ccc(CC3(N(Cl)C(=O)NS(=O)(=O)c4ccccc4)CC3)cc1C)C2. The van der Waals surface area contributed by atoms with Gasteiger partial charge in [0.05, 0.1) is 35.8 Å². The first-order valence-corrected chi connectivity index (χ1v) is 16.7. The van der Waals surface area contributed by atoms with Crippen molar-refractivity contribution in [1.29, 1.82) is 0 Å². The second kappa shape index (κ2) is 11.9. The molecule has 0 unspecified atom stereocenters. The lowest BCUT2D eigenvalue weighted by molar-refractivity contribution is 0.0993. The fraction of sp³-hybridized carbons (Fsp3) is 0.294. The number of aryl methyl sites for hydroxylation is 1. The van der Waals surface area contributed by atoms with Crippen molar-refractivity contribution in [2.24, 2.45) is 0 Å². The molecule has 1 aliphatic carbocycles. The third kappa shape index (κ3) is 5.57. The first-order valence-electron chi connectivity index (χ1n) is 14.9. The number of benzene rings is 4. The molecule has 0 atom stereocenters. The zero-order valence-corrected chi connectivity index (χ0v) is 26.9. The Morgan fingerprint density at radius 2 is 1.58 bits per heavy atom. The van der Waals surface area contributed by atoms with Crippen LogP contribution in [0.1, 0.15) is 53.7 Å². The van der Waals surface area contributed by atoms with Crippen LogP contribution in [-0.2, 0) is 23.0 Å². The number of ether oxygens (including phenoxy) is 2. The molecule has 1 heterocycles. The van der Waals surface area contributed by atoms with Gasteiger partial charge in [-0.2, -0.15) is 0 Å². The van der Waals surface area contributed by atoms with Gasteiger partial charge in [-0.25, -0.2) is 22.4 Å². The Balaban J connectivity index is 1.24. The second-order valence-corrected chi connectivity index (χ2v) is 13.4. The number of rotatable bonds is 10. The lowest BCUT2D eigenvalue weighted by atomic mass is 9.99. The van der Waals surface area contributed by atoms with E-state index in [0.29, 0.717) is 56.1 Å². The monoisotopic (exact) mass is 647 g/mol. The van der Waals surface area contributed by atoms with Gasteiger partial charge in [-0.15, -0.1) is 0 Å². The molecule has 0 radical (unpaired) electrons. The van der Waals surface area contributed by atoms with Crippen LogP contribution in [0.25, 0.3) is 10.8 Å². The summed E-state index contributed by atoms with van der Waals surface area (Å²) in [5.41, 5.74) is 3.16. The predicted octanol–water partition coefficient (Wildman–Crippen LogP) is 6.74. The molecule has 1 aliphatic heterocycles. The van der Waals surface area contributed by atoms with Crippen molar-refractivity contribution in [1.82, 2.24) is 9.14 Å². The van der Waals surface area contributed by atoms with E-state index >= 15 is 0 Å². The molecule has 11 heteroatoms. The third-order valence-electron chi connectivity index (χ3n) is 8.35. The van der Waals surface area contributed by atoms with Gasteiger partial charge in [-0.1, -0.05) is 54.6 Å². The largest absolute Gasteiger partial charge is 0.493 e. The van der Waals surface area contributed by atoms with Crippen molar-refractivity contribution in [3.63, 3.8) is 0 Å². The Kier molecular flexibility index (Phi) is 8.13. The number of hydrogen-bond acceptors (Lipinski definition) is 6. The molecule has 1 fully saturated rings. The molecule has 0 aromatic heterocycles. The molecule has 9 nitrogen and oxygen atoms in total. The van der Waals surface area contributed by atoms with Gasteiger partial charge in [0.1, 0.15) is 11.5 Å². The number of fused-ring (bicyclic) bond motifs is 2. The molecule has 6 rings (SSSR count). The number of carbonyl (C=O) groups is 2. The molecular weight excluding hydrogens is 614 g/mol. The van der Waals surface area contributed by atoms with Gasteiger partial charge >= 0.3 is 6.03 Å². The number of carbonyl (C=O) groups excluding carboxylic acids is 2. The number of sulfonamides is 1. The van der Waals surface area contributed by atoms with E-state index in [-0.39, 0.29) is 10.8 Å². The fourth-order valence-corrected chi connectivity index (χ4v) is 7.37. The summed E-state index contributed by atoms with van der Waals surface area (Å²) < 4.78 is 40.6. The molecule has 0 spiro atoms. The number of urea groups is 1. The number of halogens is 1. The molecule has 2 aliphatic rings. The van der Waals surface area contributed by atoms with Crippen LogP contribution in [0.5, 0.6) is 11.5 Å². The number of anilines is 1. The van der Waals surface area contributed by atoms with Crippen molar-refractivity contribution in [3.8, 4) is 11.5 Å². The van der Waals surface area contributed by atoms with Gasteiger partial charge in [0.15, 0.2) is 0 Å². The standard InChI is InChI=1S/C34H34ClN3O6S/c1-4-43-30-25-13-9-10-14-26(25)31(44-5-2)29-27(30)21-37(32(29)39)28-16-15-23(19-22(28)3)20-34(17-18-34)38(35)33(40)36-45(41,42)24-11-7-6-8-12-24/h6-16,19H,4-5,17-18,20-21H2,1-3H3,(H,36,40). The Bertz CT molecular complexity index is 1910. The van der Waals surface area contributed by atoms with Gasteiger partial charge in [-0.05, 0) is 69.4 Å². The van der Waals surface area contributed by atoms with E-state index in [9.17, 15) is 18.0 Å². The molecular formula is C34H34ClN3O6S. The summed E-state index contributed by atoms with van der Waals surface area (Å²) in [6, 6.07) is 20.4. The maximum Gasteiger partial charge on any atom is 0.346 e. The molecule has 4 aromatic rings. The highest BCUT2D eigenvalue weighted by atomic mass is 35.5. The maximum atomic E-state index is 14.0. The van der Waals surface area contributed by atoms with Crippen LogP contribution >= 0.6 is 11.8 Å². The Morgan fingerprint density at radius 3 is 2.20 bits per heavy atom. The summed E-state index contributed by atoms with van der Waals surface area (Å²) in [7, 11) is -4.07. The third-order valence-corrected chi connectivity index (χ3v) is 10.2. The molecule has 45 heavy (non-hydrogen) atoms. The summed E-state index contributed by atoms with van der Waals surface area (Å²) in [6.45, 7) is 6.98. The average molecular weight is 648 g/mol. The van der Waals surface area contributed by atoms with Crippen LogP contribution < -0.4 is 19.1 Å². The van der Waals surface area contributed by atoms with Gasteiger partial charge in [0, 0.05) is 33.8 Å². The smallest absolute Gasteiger partial charge is 0.346 e. The predicted molar refractivity (Wildman–Crippen MR) is 173 cm³/mol. The maximum absolute atomic E-state index is 14.0. The van der Waals surface area contributed by atoms with Crippen LogP contribution in [0.15, 0.2) is 77.7 Å². The minimum absolute atomic E-state index is 0.0204. The van der Waals surface area contributed by atoms with E-state index in [1.54, 1.807) is 23.1 Å². The van der Waals surface area contributed by atoms with Crippen LogP contribution in [0.2, 0.25) is 0 Å². The highest BCUT2D eigenvalue weighted by Crippen LogP contribution is 2.48. The van der Waals surface area contributed by atoms with Crippen molar-refractivity contribution < 1.29 is 27.5 Å². The van der Waals surface area contributed by atoms with Crippen LogP contribution in [-0.4, -0.2) is 43.5 Å². The number of nitrogens with one attached hydrogen (secondary N) is 1. The molecule has 0 bridgehead atoms. The van der Waals surface area contributed by atoms with Crippen molar-refractivity contribution in [3.05, 3.63) is 95.1 Å². The van der Waals surface area contributed by atoms with E-state index < -0.39 is 21.6 Å². The highest BCUT2D eigenvalue weighted by Gasteiger charge is 2.51. The van der Waals surface area contributed by atoms with E-state index in [0.717, 1.165) is 37.6 Å². The number of hydrogen-bond donors (Lipinski definition) is 1. The summed E-state index contributed by atoms with van der Waals surface area (Å²) >= 11 is 6.48. The molecule has 1 saturated carbocycles. The topological polar surface area (TPSA) is 105 Å². The van der Waals surface area contributed by atoms with Crippen molar-refractivity contribution in [2.75, 3.05) is 18.1 Å². The van der Waals surface area contributed by atoms with E-state index in [1.165, 1.54) is 12.1 Å². The quantitative estimate of drug-likeness (QED) is 0.191. The molecule has 1 N–H and O–H groups in total. The fourth-order valence-electron chi connectivity index (χ4n) is 6.09. The van der Waals surface area contributed by atoms with Crippen LogP contribution in [0, 0.1) is 6.92 Å². The van der Waals surface area contributed by atoms with Crippen LogP contribution in [0.3, 0.4) is 0 Å². The minimum Gasteiger partial charge on any atom is -0.493 e. The van der Waals surface area contributed by atoms with Crippen molar-refractivity contribution in [2.45, 2.75) is 57.0 Å². The first-order chi connectivity index (χ1) is 21.6. The van der Waals surface area contributed by atoms with Gasteiger partial charge in [0.2, 0.25) is 0 Å². The summed E-state index contributed by atoms with van der Waals surface area (Å²) in [4.78, 5) is 28.7. The van der Waals surface area contributed by atoms with Gasteiger partial charge in [-0.3, -0.25) is 4.79 Å². The van der Waals surface area contributed by atoms with Crippen LogP contribution in [0.4, 0.5) is 10.5 Å². The lowest BCUT2D eigenvalue weighted by Gasteiger charge is -2.26. The number of amides is 3. The molecule has 234 valence electrons. The molecule has 4 aromatic carbocycles. The minimum atomic E-state index is -4.07. The summed E-state index contributed by atoms with van der Waals surface area (Å²) in [6.07, 6.45) is 1.69. The Morgan fingerprint density at radius 1 is 0.956 bits per heavy atom. The molecule has 0 saturated heterocycles. The number of nitrogens with zero attached hydrogens (tertiary/aromatic N) is 2. The summed E-state index contributed by atoms with van der Waals surface area (Å²) in [5.74, 6) is 1.11. The second-order valence-electron chi connectivity index (χ2n) is 11.3. The van der Waals surface area contributed by atoms with E-state index in [4.69, 9.17) is 21.3 Å². The van der Waals surface area contributed by atoms with Gasteiger partial charge in [0.25, 0.3) is 15.9 Å². The lowest BCUT2D eigenvalue weighted by Crippen LogP contribution is -2.45.